The Kier molecular flexibility index (Phi) is 4.52. The zero-order chi connectivity index (χ0) is 14.5. The number of aromatic nitrogens is 4. The molecule has 0 bridgehead atoms. The highest BCUT2D eigenvalue weighted by Gasteiger charge is 2.04. The van der Waals surface area contributed by atoms with Crippen molar-refractivity contribution in [2.24, 2.45) is 14.1 Å². The average Bonchev–Trinajstić information content (AvgIpc) is 2.94. The van der Waals surface area contributed by atoms with E-state index in [4.69, 9.17) is 0 Å². The van der Waals surface area contributed by atoms with Crippen molar-refractivity contribution in [1.82, 2.24) is 24.2 Å². The molecule has 0 aliphatic rings. The Hall–Kier alpha value is -2.15. The molecule has 2 aromatic rings. The molecule has 0 saturated carbocycles. The summed E-state index contributed by atoms with van der Waals surface area (Å²) in [5, 5.41) is 7.35. The number of rotatable bonds is 6. The molecule has 0 aromatic carbocycles. The van der Waals surface area contributed by atoms with Crippen LogP contribution in [0, 0.1) is 0 Å². The van der Waals surface area contributed by atoms with Crippen LogP contribution in [-0.4, -0.2) is 25.5 Å². The van der Waals surface area contributed by atoms with Crippen molar-refractivity contribution >= 4 is 0 Å². The highest BCUT2D eigenvalue weighted by atomic mass is 16.2. The molecule has 2 rings (SSSR count). The Morgan fingerprint density at radius 3 is 2.75 bits per heavy atom. The molecule has 7 nitrogen and oxygen atoms in total. The Labute approximate surface area is 116 Å². The minimum atomic E-state index is -0.300. The first-order chi connectivity index (χ1) is 9.59. The lowest BCUT2D eigenvalue weighted by molar-refractivity contribution is 0.531. The third-order valence-electron chi connectivity index (χ3n) is 3.23. The van der Waals surface area contributed by atoms with E-state index in [1.165, 1.54) is 17.7 Å². The zero-order valence-electron chi connectivity index (χ0n) is 11.7. The highest BCUT2D eigenvalue weighted by Crippen LogP contribution is 1.92. The predicted octanol–water partition coefficient (Wildman–Crippen LogP) is -0.540. The van der Waals surface area contributed by atoms with Gasteiger partial charge in [-0.25, -0.2) is 4.79 Å². The van der Waals surface area contributed by atoms with E-state index in [1.54, 1.807) is 13.2 Å². The Bertz CT molecular complexity index is 669. The summed E-state index contributed by atoms with van der Waals surface area (Å²) in [4.78, 5) is 23.3. The molecule has 1 N–H and O–H groups in total. The summed E-state index contributed by atoms with van der Waals surface area (Å²) in [6.07, 6.45) is 4.61. The van der Waals surface area contributed by atoms with Crippen LogP contribution in [0.15, 0.2) is 34.1 Å². The normalized spacial score (nSPS) is 10.9. The number of aryl methyl sites for hydroxylation is 1. The van der Waals surface area contributed by atoms with Crippen molar-refractivity contribution in [2.45, 2.75) is 19.5 Å². The molecule has 0 aliphatic carbocycles. The fraction of sp³-hybridized carbons (Fsp3) is 0.462. The highest BCUT2D eigenvalue weighted by molar-refractivity contribution is 5.01. The summed E-state index contributed by atoms with van der Waals surface area (Å²) in [6.45, 7) is 2.14. The van der Waals surface area contributed by atoms with Crippen LogP contribution in [0.4, 0.5) is 0 Å². The van der Waals surface area contributed by atoms with Gasteiger partial charge in [0, 0.05) is 51.3 Å². The molecule has 108 valence electrons. The largest absolute Gasteiger partial charge is 0.330 e. The van der Waals surface area contributed by atoms with Crippen LogP contribution in [0.3, 0.4) is 0 Å². The first-order valence-electron chi connectivity index (χ1n) is 6.53. The fourth-order valence-corrected chi connectivity index (χ4v) is 1.96. The summed E-state index contributed by atoms with van der Waals surface area (Å²) in [5.74, 6) is 0. The van der Waals surface area contributed by atoms with Crippen molar-refractivity contribution in [3.05, 3.63) is 51.1 Å². The molecule has 0 saturated heterocycles. The van der Waals surface area contributed by atoms with E-state index in [0.717, 1.165) is 24.1 Å². The minimum absolute atomic E-state index is 0.276. The molecule has 0 unspecified atom stereocenters. The van der Waals surface area contributed by atoms with Crippen LogP contribution in [0.5, 0.6) is 0 Å². The molecule has 20 heavy (non-hydrogen) atoms. The van der Waals surface area contributed by atoms with Gasteiger partial charge in [-0.05, 0) is 19.0 Å². The molecule has 0 fully saturated rings. The van der Waals surface area contributed by atoms with Crippen molar-refractivity contribution in [3.8, 4) is 0 Å². The minimum Gasteiger partial charge on any atom is -0.311 e. The second kappa shape index (κ2) is 6.33. The van der Waals surface area contributed by atoms with E-state index in [9.17, 15) is 9.59 Å². The zero-order valence-corrected chi connectivity index (χ0v) is 11.7. The summed E-state index contributed by atoms with van der Waals surface area (Å²) in [5.41, 5.74) is 0.115. The van der Waals surface area contributed by atoms with Crippen LogP contribution in [0.2, 0.25) is 0 Å². The first-order valence-corrected chi connectivity index (χ1v) is 6.53. The molecular weight excluding hydrogens is 258 g/mol. The monoisotopic (exact) mass is 277 g/mol. The lowest BCUT2D eigenvalue weighted by Crippen LogP contribution is -2.39. The second-order valence-corrected chi connectivity index (χ2v) is 4.67. The number of hydrogen-bond acceptors (Lipinski definition) is 4. The van der Waals surface area contributed by atoms with Crippen molar-refractivity contribution in [2.75, 3.05) is 6.54 Å². The van der Waals surface area contributed by atoms with E-state index in [0.29, 0.717) is 12.2 Å². The third-order valence-corrected chi connectivity index (χ3v) is 3.23. The average molecular weight is 277 g/mol. The van der Waals surface area contributed by atoms with Crippen molar-refractivity contribution in [3.63, 3.8) is 0 Å². The van der Waals surface area contributed by atoms with Crippen molar-refractivity contribution in [1.29, 1.82) is 0 Å². The maximum Gasteiger partial charge on any atom is 0.330 e. The van der Waals surface area contributed by atoms with Crippen molar-refractivity contribution < 1.29 is 0 Å². The maximum atomic E-state index is 11.7. The summed E-state index contributed by atoms with van der Waals surface area (Å²) in [7, 11) is 3.15. The van der Waals surface area contributed by atoms with Gasteiger partial charge in [0.1, 0.15) is 0 Å². The van der Waals surface area contributed by atoms with Gasteiger partial charge in [-0.15, -0.1) is 0 Å². The molecule has 0 spiro atoms. The first kappa shape index (κ1) is 14.3. The lowest BCUT2D eigenvalue weighted by Gasteiger charge is -2.10. The smallest absolute Gasteiger partial charge is 0.311 e. The van der Waals surface area contributed by atoms with Gasteiger partial charge in [0.2, 0.25) is 0 Å². The molecule has 0 aliphatic heterocycles. The third kappa shape index (κ3) is 3.24. The Balaban J connectivity index is 1.85. The molecule has 0 radical (unpaired) electrons. The van der Waals surface area contributed by atoms with Gasteiger partial charge in [-0.3, -0.25) is 18.6 Å². The van der Waals surface area contributed by atoms with Gasteiger partial charge in [0.05, 0.1) is 0 Å². The molecule has 2 heterocycles. The van der Waals surface area contributed by atoms with Crippen LogP contribution < -0.4 is 16.6 Å². The van der Waals surface area contributed by atoms with Crippen LogP contribution in [0.25, 0.3) is 0 Å². The standard InChI is InChI=1S/C13H19N5O2/c1-16-11(9-12(19)17(2)13(16)20)10-14-5-3-7-18-8-4-6-15-18/h4,6,8-9,14H,3,5,7,10H2,1-2H3. The van der Waals surface area contributed by atoms with Gasteiger partial charge in [0.15, 0.2) is 0 Å². The quantitative estimate of drug-likeness (QED) is 0.720. The SMILES string of the molecule is Cn1c(CNCCCn2cccn2)cc(=O)n(C)c1=O. The summed E-state index contributed by atoms with van der Waals surface area (Å²) >= 11 is 0. The summed E-state index contributed by atoms with van der Waals surface area (Å²) in [6, 6.07) is 3.38. The molecule has 7 heteroatoms. The van der Waals surface area contributed by atoms with E-state index < -0.39 is 0 Å². The number of hydrogen-bond donors (Lipinski definition) is 1. The topological polar surface area (TPSA) is 73.8 Å². The maximum absolute atomic E-state index is 11.7. The van der Waals surface area contributed by atoms with Crippen LogP contribution in [0.1, 0.15) is 12.1 Å². The van der Waals surface area contributed by atoms with E-state index in [-0.39, 0.29) is 11.2 Å². The van der Waals surface area contributed by atoms with Gasteiger partial charge in [-0.2, -0.15) is 5.10 Å². The fourth-order valence-electron chi connectivity index (χ4n) is 1.96. The predicted molar refractivity (Wildman–Crippen MR) is 75.5 cm³/mol. The van der Waals surface area contributed by atoms with Gasteiger partial charge < -0.3 is 5.32 Å². The van der Waals surface area contributed by atoms with Crippen LogP contribution >= 0.6 is 0 Å². The molecular formula is C13H19N5O2. The van der Waals surface area contributed by atoms with E-state index in [2.05, 4.69) is 10.4 Å². The van der Waals surface area contributed by atoms with E-state index >= 15 is 0 Å². The molecule has 0 amide bonds. The van der Waals surface area contributed by atoms with Gasteiger partial charge in [-0.1, -0.05) is 0 Å². The lowest BCUT2D eigenvalue weighted by atomic mass is 10.3. The molecule has 2 aromatic heterocycles. The van der Waals surface area contributed by atoms with Crippen LogP contribution in [-0.2, 0) is 27.2 Å². The molecule has 0 atom stereocenters. The van der Waals surface area contributed by atoms with E-state index in [1.807, 2.05) is 16.9 Å². The summed E-state index contributed by atoms with van der Waals surface area (Å²) < 4.78 is 4.46. The van der Waals surface area contributed by atoms with Gasteiger partial charge in [0.25, 0.3) is 5.56 Å². The number of nitrogens with zero attached hydrogens (tertiary/aromatic N) is 4. The second-order valence-electron chi connectivity index (χ2n) is 4.67. The Morgan fingerprint density at radius 2 is 2.05 bits per heavy atom. The Morgan fingerprint density at radius 1 is 1.25 bits per heavy atom. The van der Waals surface area contributed by atoms with Gasteiger partial charge >= 0.3 is 5.69 Å². The number of nitrogens with one attached hydrogen (secondary N) is 1.